The van der Waals surface area contributed by atoms with Crippen molar-refractivity contribution in [2.45, 2.75) is 47.3 Å². The largest absolute Gasteiger partial charge is 0.465 e. The Hall–Kier alpha value is -6.79. The highest BCUT2D eigenvalue weighted by Crippen LogP contribution is 2.36. The van der Waals surface area contributed by atoms with Crippen LogP contribution in [0.15, 0.2) is 104 Å². The number of carbonyl (C=O) groups excluding carboxylic acids is 3. The Labute approximate surface area is 411 Å². The van der Waals surface area contributed by atoms with E-state index in [1.54, 1.807) is 0 Å². The number of hydrogen-bond acceptors (Lipinski definition) is 11. The number of alkyl halides is 12. The molecule has 0 atom stereocenters. The number of halogens is 12. The number of aromatic amines is 1. The molecule has 0 spiro atoms. The first-order valence-electron chi connectivity index (χ1n) is 21.2. The summed E-state index contributed by atoms with van der Waals surface area (Å²) in [5.74, 6) is -3.61. The van der Waals surface area contributed by atoms with Gasteiger partial charge in [-0.2, -0.15) is 61.3 Å². The van der Waals surface area contributed by atoms with E-state index in [1.807, 2.05) is 5.10 Å². The van der Waals surface area contributed by atoms with Crippen molar-refractivity contribution in [1.29, 1.82) is 0 Å². The smallest absolute Gasteiger partial charge is 0.434 e. The third-order valence-electron chi connectivity index (χ3n) is 11.3. The minimum atomic E-state index is -4.92. The van der Waals surface area contributed by atoms with Gasteiger partial charge in [0.05, 0.1) is 57.6 Å². The second-order valence-corrected chi connectivity index (χ2v) is 20.1. The number of nitrogens with one attached hydrogen (secondary N) is 1. The fourth-order valence-electron chi connectivity index (χ4n) is 7.39. The van der Waals surface area contributed by atoms with E-state index in [0.29, 0.717) is 35.4 Å². The lowest BCUT2D eigenvalue weighted by Gasteiger charge is -2.34. The Kier molecular flexibility index (Phi) is 16.5. The van der Waals surface area contributed by atoms with Crippen LogP contribution in [0.3, 0.4) is 0 Å². The third-order valence-corrected chi connectivity index (χ3v) is 15.1. The molecule has 0 aliphatic carbocycles. The molecule has 0 radical (unpaired) electrons. The molecule has 5 aromatic rings. The van der Waals surface area contributed by atoms with E-state index in [1.165, 1.54) is 34.1 Å². The molecule has 0 unspecified atom stereocenters. The number of piperazine rings is 2. The highest BCUT2D eigenvalue weighted by Gasteiger charge is 2.39. The van der Waals surface area contributed by atoms with Crippen LogP contribution in [0.25, 0.3) is 11.5 Å². The maximum Gasteiger partial charge on any atom is 0.434 e. The number of H-pyrrole nitrogens is 1. The molecular formula is C44H38F12N6O10S2. The molecule has 1 N–H and O–H groups in total. The molecular weight excluding hydrogens is 1060 g/mol. The van der Waals surface area contributed by atoms with Gasteiger partial charge in [0.25, 0.3) is 0 Å². The van der Waals surface area contributed by atoms with E-state index in [0.717, 1.165) is 52.1 Å². The van der Waals surface area contributed by atoms with Crippen LogP contribution in [-0.2, 0) is 71.9 Å². The normalized spacial score (nSPS) is 15.6. The van der Waals surface area contributed by atoms with E-state index in [9.17, 15) is 88.7 Å². The number of esters is 1. The molecule has 3 heterocycles. The summed E-state index contributed by atoms with van der Waals surface area (Å²) in [6.45, 7) is -1.26. The van der Waals surface area contributed by atoms with Crippen LogP contribution in [0.4, 0.5) is 52.7 Å². The predicted octanol–water partition coefficient (Wildman–Crippen LogP) is 6.73. The maximum absolute atomic E-state index is 13.5. The highest BCUT2D eigenvalue weighted by molar-refractivity contribution is 7.89. The van der Waals surface area contributed by atoms with E-state index in [4.69, 9.17) is 0 Å². The molecule has 1 aromatic heterocycles. The summed E-state index contributed by atoms with van der Waals surface area (Å²) in [7, 11) is -7.98. The van der Waals surface area contributed by atoms with Crippen LogP contribution in [0.2, 0.25) is 0 Å². The molecule has 7 rings (SSSR count). The van der Waals surface area contributed by atoms with Gasteiger partial charge in [0, 0.05) is 57.9 Å². The van der Waals surface area contributed by atoms with Crippen molar-refractivity contribution in [1.82, 2.24) is 28.6 Å². The van der Waals surface area contributed by atoms with Crippen molar-refractivity contribution in [2.24, 2.45) is 0 Å². The summed E-state index contributed by atoms with van der Waals surface area (Å²) in [6, 6.07) is 11.7. The lowest BCUT2D eigenvalue weighted by atomic mass is 10.1. The number of rotatable bonds is 10. The lowest BCUT2D eigenvalue weighted by Crippen LogP contribution is -2.50. The molecule has 74 heavy (non-hydrogen) atoms. The number of ether oxygens (including phenoxy) is 1. The summed E-state index contributed by atoms with van der Waals surface area (Å²) in [4.78, 5) is 49.3. The van der Waals surface area contributed by atoms with Crippen molar-refractivity contribution in [3.63, 3.8) is 0 Å². The second-order valence-electron chi connectivity index (χ2n) is 16.2. The van der Waals surface area contributed by atoms with Crippen molar-refractivity contribution < 1.29 is 93.1 Å². The molecule has 2 saturated heterocycles. The lowest BCUT2D eigenvalue weighted by molar-refractivity contribution is -0.138. The fourth-order valence-corrected chi connectivity index (χ4v) is 10.4. The maximum atomic E-state index is 13.5. The van der Waals surface area contributed by atoms with Crippen molar-refractivity contribution in [2.75, 3.05) is 59.5 Å². The zero-order valence-electron chi connectivity index (χ0n) is 37.8. The number of aromatic nitrogens is 2. The van der Waals surface area contributed by atoms with Gasteiger partial charge in [-0.15, -0.1) is 5.10 Å². The van der Waals surface area contributed by atoms with Gasteiger partial charge >= 0.3 is 36.4 Å². The Balaban J connectivity index is 0.000000241. The Morgan fingerprint density at radius 1 is 0.554 bits per heavy atom. The Morgan fingerprint density at radius 2 is 0.932 bits per heavy atom. The number of amides is 2. The van der Waals surface area contributed by atoms with E-state index in [-0.39, 0.29) is 70.8 Å². The SMILES string of the molecule is COC(=O)c1cc(C(F)(F)F)cc(S(=O)(=O)N2CCN(C(=O)Cc3ccc(C(F)(F)F)cc3)CC2)c1.O=C(Cc1ccc(C(F)(F)F)cc1)N1CCN(S(=O)(=O)c2cc(-c3n[nH]c(=O)o3)cc(C(F)(F)F)c2)CC1. The molecule has 400 valence electrons. The van der Waals surface area contributed by atoms with Crippen LogP contribution >= 0.6 is 0 Å². The van der Waals surface area contributed by atoms with Gasteiger partial charge < -0.3 is 19.0 Å². The summed E-state index contributed by atoms with van der Waals surface area (Å²) in [6.07, 6.45) is -19.3. The topological polar surface area (TPSA) is 201 Å². The summed E-state index contributed by atoms with van der Waals surface area (Å²) >= 11 is 0. The first-order chi connectivity index (χ1) is 34.3. The predicted molar refractivity (Wildman–Crippen MR) is 231 cm³/mol. The van der Waals surface area contributed by atoms with Crippen LogP contribution < -0.4 is 5.76 Å². The zero-order valence-corrected chi connectivity index (χ0v) is 39.5. The second kappa shape index (κ2) is 21.6. The van der Waals surface area contributed by atoms with Crippen LogP contribution in [0.1, 0.15) is 43.7 Å². The molecule has 16 nitrogen and oxygen atoms in total. The molecule has 4 aromatic carbocycles. The monoisotopic (exact) mass is 1100 g/mol. The standard InChI is InChI=1S/C22H18F6N4O5S.C22H20F6N2O5S/c23-21(24,25)15-3-1-13(2-4-15)9-18(33)31-5-7-32(8-6-31)38(35,36)17-11-14(19-29-30-20(34)37-19)10-16(12-17)22(26,27)28;1-35-20(32)15-11-17(22(26,27)28)13-18(12-15)36(33,34)30-8-6-29(7-9-30)19(31)10-14-2-4-16(5-3-14)21(23,24)25/h1-4,10-12H,5-9H2,(H,30,34);2-5,11-13H,6-10H2,1H3. The average Bonchev–Trinajstić information content (AvgIpc) is 3.79. The van der Waals surface area contributed by atoms with Gasteiger partial charge in [-0.1, -0.05) is 24.3 Å². The van der Waals surface area contributed by atoms with Gasteiger partial charge in [-0.3, -0.25) is 9.59 Å². The van der Waals surface area contributed by atoms with Gasteiger partial charge in [0.2, 0.25) is 37.8 Å². The number of hydrogen-bond donors (Lipinski definition) is 1. The van der Waals surface area contributed by atoms with Crippen LogP contribution in [0, 0.1) is 0 Å². The summed E-state index contributed by atoms with van der Waals surface area (Å²) < 4.78 is 220. The molecule has 0 bridgehead atoms. The van der Waals surface area contributed by atoms with Crippen molar-refractivity contribution in [3.05, 3.63) is 134 Å². The first-order valence-corrected chi connectivity index (χ1v) is 24.1. The average molecular weight is 1100 g/mol. The zero-order chi connectivity index (χ0) is 54.8. The molecule has 2 amide bonds. The number of benzene rings is 4. The van der Waals surface area contributed by atoms with Gasteiger partial charge in [-0.25, -0.2) is 31.5 Å². The Morgan fingerprint density at radius 3 is 1.28 bits per heavy atom. The van der Waals surface area contributed by atoms with E-state index in [2.05, 4.69) is 14.3 Å². The number of carbonyl (C=O) groups is 3. The van der Waals surface area contributed by atoms with Crippen LogP contribution in [-0.4, -0.2) is 123 Å². The molecule has 2 fully saturated rings. The first kappa shape index (κ1) is 56.5. The third kappa shape index (κ3) is 13.7. The minimum Gasteiger partial charge on any atom is -0.465 e. The summed E-state index contributed by atoms with van der Waals surface area (Å²) in [5, 5.41) is 5.33. The van der Waals surface area contributed by atoms with Crippen molar-refractivity contribution in [3.8, 4) is 11.5 Å². The Bertz CT molecular complexity index is 3140. The van der Waals surface area contributed by atoms with E-state index >= 15 is 0 Å². The minimum absolute atomic E-state index is 0.0818. The molecule has 30 heteroatoms. The molecule has 2 aliphatic rings. The van der Waals surface area contributed by atoms with Crippen LogP contribution in [0.5, 0.6) is 0 Å². The summed E-state index contributed by atoms with van der Waals surface area (Å²) in [5.41, 5.74) is -4.67. The van der Waals surface area contributed by atoms with Gasteiger partial charge in [0.1, 0.15) is 0 Å². The van der Waals surface area contributed by atoms with Gasteiger partial charge in [0.15, 0.2) is 0 Å². The molecule has 0 saturated carbocycles. The number of sulfonamides is 2. The molecule has 2 aliphatic heterocycles. The van der Waals surface area contributed by atoms with Crippen molar-refractivity contribution >= 4 is 37.8 Å². The fraction of sp³-hybridized carbons (Fsp3) is 0.341. The number of methoxy groups -OCH3 is 1. The quantitative estimate of drug-likeness (QED) is 0.115. The van der Waals surface area contributed by atoms with Gasteiger partial charge in [-0.05, 0) is 71.8 Å². The highest BCUT2D eigenvalue weighted by atomic mass is 32.2. The van der Waals surface area contributed by atoms with E-state index < -0.39 is 112 Å². The number of nitrogens with zero attached hydrogens (tertiary/aromatic N) is 5.